The average molecular weight is 410 g/mol. The molecule has 10 heteroatoms. The molecule has 1 aromatic heterocycles. The Bertz CT molecular complexity index is 1080. The number of nitrogens with zero attached hydrogens (tertiary/aromatic N) is 4. The van der Waals surface area contributed by atoms with E-state index in [9.17, 15) is 15.2 Å². The number of likely N-dealkylation sites (tertiary alicyclic amines) is 1. The van der Waals surface area contributed by atoms with Gasteiger partial charge in [-0.15, -0.1) is 0 Å². The number of β-amino-alcohol motifs (C(OH)–C–C–N with tert-alkyl or cyclic N) is 1. The van der Waals surface area contributed by atoms with Gasteiger partial charge in [0.05, 0.1) is 17.1 Å². The highest BCUT2D eigenvalue weighted by Gasteiger charge is 2.36. The summed E-state index contributed by atoms with van der Waals surface area (Å²) in [4.78, 5) is 17.0. The number of aromatic nitrogens is 2. The molecule has 2 aliphatic rings. The van der Waals surface area contributed by atoms with Crippen molar-refractivity contribution in [1.29, 1.82) is 0 Å². The van der Waals surface area contributed by atoms with Crippen LogP contribution in [-0.2, 0) is 6.54 Å². The minimum Gasteiger partial charge on any atom is -0.454 e. The third kappa shape index (κ3) is 3.46. The molecule has 0 spiro atoms. The van der Waals surface area contributed by atoms with Gasteiger partial charge in [-0.1, -0.05) is 17.3 Å². The Morgan fingerprint density at radius 3 is 2.77 bits per heavy atom. The molecule has 2 aliphatic heterocycles. The fraction of sp³-hybridized carbons (Fsp3) is 0.300. The molecule has 0 amide bonds. The van der Waals surface area contributed by atoms with Crippen molar-refractivity contribution < 1.29 is 24.0 Å². The fourth-order valence-corrected chi connectivity index (χ4v) is 3.79. The smallest absolute Gasteiger partial charge is 0.269 e. The van der Waals surface area contributed by atoms with E-state index in [2.05, 4.69) is 10.1 Å². The van der Waals surface area contributed by atoms with Gasteiger partial charge >= 0.3 is 0 Å². The van der Waals surface area contributed by atoms with Crippen molar-refractivity contribution in [3.8, 4) is 22.9 Å². The maximum absolute atomic E-state index is 10.8. The number of nitro groups is 1. The quantitative estimate of drug-likeness (QED) is 0.499. The van der Waals surface area contributed by atoms with E-state index >= 15 is 0 Å². The molecule has 10 nitrogen and oxygen atoms in total. The lowest BCUT2D eigenvalue weighted by Gasteiger charge is -2.21. The zero-order valence-corrected chi connectivity index (χ0v) is 15.8. The second-order valence-corrected chi connectivity index (χ2v) is 7.28. The number of benzene rings is 2. The maximum atomic E-state index is 10.8. The van der Waals surface area contributed by atoms with E-state index in [1.165, 1.54) is 12.1 Å². The SMILES string of the molecule is O=[N+]([O-])c1ccc(CN2C[C@H](O)C[C@H]2c2nc(-c3ccc4c(c3)OCO4)no2)cc1. The first-order valence-electron chi connectivity index (χ1n) is 9.46. The number of hydrogen-bond donors (Lipinski definition) is 1. The van der Waals surface area contributed by atoms with Crippen LogP contribution in [0.1, 0.15) is 23.9 Å². The average Bonchev–Trinajstić information content (AvgIpc) is 3.47. The molecule has 0 radical (unpaired) electrons. The summed E-state index contributed by atoms with van der Waals surface area (Å²) in [6.45, 7) is 1.14. The highest BCUT2D eigenvalue weighted by Crippen LogP contribution is 2.37. The van der Waals surface area contributed by atoms with Crippen LogP contribution in [0.2, 0.25) is 0 Å². The molecule has 3 heterocycles. The van der Waals surface area contributed by atoms with Crippen molar-refractivity contribution in [2.45, 2.75) is 25.1 Å². The molecule has 1 N–H and O–H groups in total. The predicted octanol–water partition coefficient (Wildman–Crippen LogP) is 2.68. The van der Waals surface area contributed by atoms with Crippen LogP contribution in [0.25, 0.3) is 11.4 Å². The molecule has 0 bridgehead atoms. The first kappa shape index (κ1) is 18.5. The third-order valence-corrected chi connectivity index (χ3v) is 5.27. The molecule has 2 aromatic carbocycles. The first-order chi connectivity index (χ1) is 14.6. The molecule has 1 fully saturated rings. The highest BCUT2D eigenvalue weighted by molar-refractivity contribution is 5.61. The Morgan fingerprint density at radius 1 is 1.17 bits per heavy atom. The summed E-state index contributed by atoms with van der Waals surface area (Å²) < 4.78 is 16.2. The number of fused-ring (bicyclic) bond motifs is 1. The molecule has 0 saturated carbocycles. The van der Waals surface area contributed by atoms with Gasteiger partial charge < -0.3 is 19.1 Å². The van der Waals surface area contributed by atoms with Crippen molar-refractivity contribution >= 4 is 5.69 Å². The van der Waals surface area contributed by atoms with E-state index in [0.29, 0.717) is 42.7 Å². The molecular formula is C20H18N4O6. The van der Waals surface area contributed by atoms with Crippen LogP contribution in [0, 0.1) is 10.1 Å². The Kier molecular flexibility index (Phi) is 4.57. The molecule has 2 atom stereocenters. The van der Waals surface area contributed by atoms with Gasteiger partial charge in [0.1, 0.15) is 0 Å². The van der Waals surface area contributed by atoms with Gasteiger partial charge in [-0.2, -0.15) is 4.98 Å². The maximum Gasteiger partial charge on any atom is 0.269 e. The fourth-order valence-electron chi connectivity index (χ4n) is 3.79. The monoisotopic (exact) mass is 410 g/mol. The van der Waals surface area contributed by atoms with Crippen LogP contribution in [0.5, 0.6) is 11.5 Å². The topological polar surface area (TPSA) is 124 Å². The van der Waals surface area contributed by atoms with Gasteiger partial charge in [0.15, 0.2) is 11.5 Å². The van der Waals surface area contributed by atoms with Crippen molar-refractivity contribution in [2.75, 3.05) is 13.3 Å². The number of rotatable bonds is 5. The van der Waals surface area contributed by atoms with Crippen LogP contribution in [0.4, 0.5) is 5.69 Å². The van der Waals surface area contributed by atoms with E-state index in [1.54, 1.807) is 24.3 Å². The van der Waals surface area contributed by atoms with Gasteiger partial charge in [0, 0.05) is 30.8 Å². The van der Waals surface area contributed by atoms with Crippen LogP contribution in [0.15, 0.2) is 47.0 Å². The summed E-state index contributed by atoms with van der Waals surface area (Å²) in [6.07, 6.45) is -0.0515. The Labute approximate surface area is 170 Å². The van der Waals surface area contributed by atoms with Gasteiger partial charge in [-0.3, -0.25) is 15.0 Å². The molecule has 5 rings (SSSR count). The van der Waals surface area contributed by atoms with E-state index < -0.39 is 11.0 Å². The zero-order chi connectivity index (χ0) is 20.7. The van der Waals surface area contributed by atoms with Crippen molar-refractivity contribution in [3.63, 3.8) is 0 Å². The minimum absolute atomic E-state index is 0.0435. The minimum atomic E-state index is -0.519. The van der Waals surface area contributed by atoms with Crippen LogP contribution >= 0.6 is 0 Å². The van der Waals surface area contributed by atoms with E-state index in [-0.39, 0.29) is 18.5 Å². The number of non-ortho nitro benzene ring substituents is 1. The van der Waals surface area contributed by atoms with Gasteiger partial charge in [-0.25, -0.2) is 0 Å². The highest BCUT2D eigenvalue weighted by atomic mass is 16.7. The third-order valence-electron chi connectivity index (χ3n) is 5.27. The standard InChI is InChI=1S/C20H18N4O6/c25-15-8-16(23(10-15)9-12-1-4-14(5-2-12)24(26)27)20-21-19(22-30-20)13-3-6-17-18(7-13)29-11-28-17/h1-7,15-16,25H,8-11H2/t15-,16+/m1/s1. The number of aliphatic hydroxyl groups excluding tert-OH is 1. The largest absolute Gasteiger partial charge is 0.454 e. The lowest BCUT2D eigenvalue weighted by Crippen LogP contribution is -2.24. The summed E-state index contributed by atoms with van der Waals surface area (Å²) in [5, 5.41) is 25.1. The Hall–Kier alpha value is -3.50. The second kappa shape index (κ2) is 7.39. The van der Waals surface area contributed by atoms with Gasteiger partial charge in [-0.05, 0) is 30.2 Å². The molecule has 30 heavy (non-hydrogen) atoms. The van der Waals surface area contributed by atoms with Crippen LogP contribution in [-0.4, -0.2) is 44.5 Å². The summed E-state index contributed by atoms with van der Waals surface area (Å²) in [5.74, 6) is 2.16. The number of hydrogen-bond acceptors (Lipinski definition) is 9. The summed E-state index contributed by atoms with van der Waals surface area (Å²) >= 11 is 0. The Morgan fingerprint density at radius 2 is 1.97 bits per heavy atom. The van der Waals surface area contributed by atoms with Crippen molar-refractivity contribution in [1.82, 2.24) is 15.0 Å². The molecular weight excluding hydrogens is 392 g/mol. The normalized spacial score (nSPS) is 20.6. The number of aliphatic hydroxyl groups is 1. The summed E-state index contributed by atoms with van der Waals surface area (Å²) in [5.41, 5.74) is 1.69. The first-order valence-corrected chi connectivity index (χ1v) is 9.46. The lowest BCUT2D eigenvalue weighted by molar-refractivity contribution is -0.384. The van der Waals surface area contributed by atoms with E-state index in [1.807, 2.05) is 11.0 Å². The van der Waals surface area contributed by atoms with Crippen LogP contribution in [0.3, 0.4) is 0 Å². The molecule has 0 aliphatic carbocycles. The van der Waals surface area contributed by atoms with E-state index in [0.717, 1.165) is 11.1 Å². The van der Waals surface area contributed by atoms with E-state index in [4.69, 9.17) is 14.0 Å². The molecule has 3 aromatic rings. The number of nitro benzene ring substituents is 1. The second-order valence-electron chi connectivity index (χ2n) is 7.28. The molecule has 154 valence electrons. The molecule has 1 saturated heterocycles. The molecule has 0 unspecified atom stereocenters. The van der Waals surface area contributed by atoms with Gasteiger partial charge in [0.25, 0.3) is 5.69 Å². The zero-order valence-electron chi connectivity index (χ0n) is 15.8. The van der Waals surface area contributed by atoms with Crippen molar-refractivity contribution in [2.24, 2.45) is 0 Å². The van der Waals surface area contributed by atoms with Gasteiger partial charge in [0.2, 0.25) is 18.5 Å². The Balaban J connectivity index is 1.35. The van der Waals surface area contributed by atoms with Crippen molar-refractivity contribution in [3.05, 3.63) is 64.0 Å². The summed E-state index contributed by atoms with van der Waals surface area (Å²) in [7, 11) is 0. The predicted molar refractivity (Wildman–Crippen MR) is 103 cm³/mol. The lowest BCUT2D eigenvalue weighted by atomic mass is 10.1. The summed E-state index contributed by atoms with van der Waals surface area (Å²) in [6, 6.07) is 11.6. The number of ether oxygens (including phenoxy) is 2. The van der Waals surface area contributed by atoms with Crippen LogP contribution < -0.4 is 9.47 Å².